The number of aryl methyl sites for hydroxylation is 1. The number of aromatic nitrogens is 2. The highest BCUT2D eigenvalue weighted by atomic mass is 16.2. The maximum atomic E-state index is 12.9. The minimum atomic E-state index is -0.0757. The molecule has 25 heavy (non-hydrogen) atoms. The van der Waals surface area contributed by atoms with Gasteiger partial charge in [-0.05, 0) is 25.6 Å². The van der Waals surface area contributed by atoms with Crippen LogP contribution < -0.4 is 4.90 Å². The topological polar surface area (TPSA) is 41.4 Å². The van der Waals surface area contributed by atoms with E-state index in [-0.39, 0.29) is 17.4 Å². The van der Waals surface area contributed by atoms with Gasteiger partial charge in [0, 0.05) is 43.0 Å². The number of likely N-dealkylation sites (N-methyl/N-ethyl adjacent to an activating group) is 1. The Morgan fingerprint density at radius 3 is 2.56 bits per heavy atom. The van der Waals surface area contributed by atoms with Crippen LogP contribution in [-0.2, 0) is 23.8 Å². The molecule has 2 heterocycles. The van der Waals surface area contributed by atoms with Crippen LogP contribution in [0, 0.1) is 0 Å². The zero-order valence-corrected chi connectivity index (χ0v) is 15.9. The number of amides is 1. The fourth-order valence-corrected chi connectivity index (χ4v) is 3.60. The third kappa shape index (κ3) is 3.61. The molecule has 1 amide bonds. The van der Waals surface area contributed by atoms with E-state index < -0.39 is 0 Å². The molecule has 0 bridgehead atoms. The lowest BCUT2D eigenvalue weighted by atomic mass is 9.89. The normalized spacial score (nSPS) is 18.4. The highest BCUT2D eigenvalue weighted by molar-refractivity contribution is 5.99. The van der Waals surface area contributed by atoms with Crippen LogP contribution in [0.1, 0.15) is 38.4 Å². The van der Waals surface area contributed by atoms with Crippen LogP contribution in [0.3, 0.4) is 0 Å². The standard InChI is InChI=1S/C20H28N4O/c1-20(2,3)18-15(14-23(5)21-18)13-22(4)17-11-12-24(19(17)25)16-9-7-6-8-10-16/h6-10,14,17H,11-13H2,1-5H3. The molecule has 0 N–H and O–H groups in total. The SMILES string of the molecule is CN(Cc1cn(C)nc1C(C)(C)C)C1CCN(c2ccccc2)C1=O. The number of nitrogens with zero attached hydrogens (tertiary/aromatic N) is 4. The summed E-state index contributed by atoms with van der Waals surface area (Å²) in [5.41, 5.74) is 3.28. The molecule has 0 saturated carbocycles. The monoisotopic (exact) mass is 340 g/mol. The van der Waals surface area contributed by atoms with E-state index >= 15 is 0 Å². The summed E-state index contributed by atoms with van der Waals surface area (Å²) in [4.78, 5) is 17.0. The second-order valence-corrected chi connectivity index (χ2v) is 7.97. The van der Waals surface area contributed by atoms with Crippen LogP contribution in [0.5, 0.6) is 0 Å². The lowest BCUT2D eigenvalue weighted by Gasteiger charge is -2.25. The van der Waals surface area contributed by atoms with Crippen LogP contribution in [0.2, 0.25) is 0 Å². The average Bonchev–Trinajstić information content (AvgIpc) is 3.11. The van der Waals surface area contributed by atoms with Crippen molar-refractivity contribution in [1.29, 1.82) is 0 Å². The van der Waals surface area contributed by atoms with Crippen molar-refractivity contribution in [1.82, 2.24) is 14.7 Å². The van der Waals surface area contributed by atoms with Gasteiger partial charge in [-0.25, -0.2) is 0 Å². The maximum Gasteiger partial charge on any atom is 0.244 e. The minimum Gasteiger partial charge on any atom is -0.311 e. The van der Waals surface area contributed by atoms with Gasteiger partial charge in [-0.3, -0.25) is 14.4 Å². The Kier molecular flexibility index (Phi) is 4.69. The van der Waals surface area contributed by atoms with E-state index in [9.17, 15) is 4.79 Å². The lowest BCUT2D eigenvalue weighted by Crippen LogP contribution is -2.39. The van der Waals surface area contributed by atoms with Crippen LogP contribution in [0.15, 0.2) is 36.5 Å². The number of anilines is 1. The average molecular weight is 340 g/mol. The van der Waals surface area contributed by atoms with Crippen molar-refractivity contribution < 1.29 is 4.79 Å². The van der Waals surface area contributed by atoms with Gasteiger partial charge in [0.25, 0.3) is 0 Å². The Morgan fingerprint density at radius 2 is 1.92 bits per heavy atom. The molecule has 1 fully saturated rings. The van der Waals surface area contributed by atoms with E-state index in [1.165, 1.54) is 5.56 Å². The highest BCUT2D eigenvalue weighted by Gasteiger charge is 2.35. The van der Waals surface area contributed by atoms with Crippen molar-refractivity contribution in [3.63, 3.8) is 0 Å². The highest BCUT2D eigenvalue weighted by Crippen LogP contribution is 2.28. The van der Waals surface area contributed by atoms with Gasteiger partial charge in [-0.2, -0.15) is 5.10 Å². The van der Waals surface area contributed by atoms with E-state index in [1.54, 1.807) is 0 Å². The molecule has 1 aromatic carbocycles. The third-order valence-electron chi connectivity index (χ3n) is 4.81. The molecule has 134 valence electrons. The van der Waals surface area contributed by atoms with E-state index in [0.29, 0.717) is 0 Å². The predicted molar refractivity (Wildman–Crippen MR) is 101 cm³/mol. The van der Waals surface area contributed by atoms with Crippen molar-refractivity contribution >= 4 is 11.6 Å². The quantitative estimate of drug-likeness (QED) is 0.859. The van der Waals surface area contributed by atoms with E-state index in [4.69, 9.17) is 0 Å². The summed E-state index contributed by atoms with van der Waals surface area (Å²) in [5, 5.41) is 4.64. The number of rotatable bonds is 4. The van der Waals surface area contributed by atoms with E-state index in [1.807, 2.05) is 54.0 Å². The summed E-state index contributed by atoms with van der Waals surface area (Å²) in [5.74, 6) is 0.190. The molecular formula is C20H28N4O. The number of carbonyl (C=O) groups is 1. The number of hydrogen-bond donors (Lipinski definition) is 0. The number of para-hydroxylation sites is 1. The molecule has 5 nitrogen and oxygen atoms in total. The first-order valence-electron chi connectivity index (χ1n) is 8.87. The van der Waals surface area contributed by atoms with Gasteiger partial charge in [0.2, 0.25) is 5.91 Å². The summed E-state index contributed by atoms with van der Waals surface area (Å²) in [6, 6.07) is 9.85. The van der Waals surface area contributed by atoms with Gasteiger partial charge in [0.1, 0.15) is 0 Å². The Balaban J connectivity index is 1.75. The zero-order valence-electron chi connectivity index (χ0n) is 15.9. The van der Waals surface area contributed by atoms with Crippen LogP contribution in [0.25, 0.3) is 0 Å². The van der Waals surface area contributed by atoms with Gasteiger partial charge in [-0.1, -0.05) is 39.0 Å². The predicted octanol–water partition coefficient (Wildman–Crippen LogP) is 2.95. The zero-order chi connectivity index (χ0) is 18.2. The second-order valence-electron chi connectivity index (χ2n) is 7.97. The minimum absolute atomic E-state index is 0.00675. The molecule has 1 aromatic heterocycles. The molecule has 1 aliphatic heterocycles. The Labute approximate surface area is 150 Å². The fraction of sp³-hybridized carbons (Fsp3) is 0.500. The Bertz CT molecular complexity index is 745. The summed E-state index contributed by atoms with van der Waals surface area (Å²) < 4.78 is 1.87. The first-order valence-corrected chi connectivity index (χ1v) is 8.87. The van der Waals surface area contributed by atoms with E-state index in [2.05, 4.69) is 37.0 Å². The third-order valence-corrected chi connectivity index (χ3v) is 4.81. The van der Waals surface area contributed by atoms with Gasteiger partial charge < -0.3 is 4.90 Å². The number of hydrogen-bond acceptors (Lipinski definition) is 3. The lowest BCUT2D eigenvalue weighted by molar-refractivity contribution is -0.121. The van der Waals surface area contributed by atoms with Crippen molar-refractivity contribution in [3.8, 4) is 0 Å². The first kappa shape index (κ1) is 17.7. The number of benzene rings is 1. The smallest absolute Gasteiger partial charge is 0.244 e. The first-order chi connectivity index (χ1) is 11.8. The van der Waals surface area contributed by atoms with Gasteiger partial charge >= 0.3 is 0 Å². The van der Waals surface area contributed by atoms with Gasteiger partial charge in [-0.15, -0.1) is 0 Å². The van der Waals surface area contributed by atoms with Crippen molar-refractivity contribution in [2.45, 2.75) is 45.2 Å². The fourth-order valence-electron chi connectivity index (χ4n) is 3.60. The molecular weight excluding hydrogens is 312 g/mol. The van der Waals surface area contributed by atoms with Crippen molar-refractivity contribution in [2.75, 3.05) is 18.5 Å². The van der Waals surface area contributed by atoms with Crippen molar-refractivity contribution in [3.05, 3.63) is 47.8 Å². The maximum absolute atomic E-state index is 12.9. The van der Waals surface area contributed by atoms with Crippen LogP contribution in [0.4, 0.5) is 5.69 Å². The molecule has 1 saturated heterocycles. The molecule has 1 atom stereocenters. The van der Waals surface area contributed by atoms with Gasteiger partial charge in [0.15, 0.2) is 0 Å². The second kappa shape index (κ2) is 6.64. The molecule has 1 aliphatic rings. The number of carbonyl (C=O) groups excluding carboxylic acids is 1. The molecule has 5 heteroatoms. The Morgan fingerprint density at radius 1 is 1.24 bits per heavy atom. The molecule has 1 unspecified atom stereocenters. The van der Waals surface area contributed by atoms with Crippen LogP contribution in [-0.4, -0.2) is 40.2 Å². The summed E-state index contributed by atoms with van der Waals surface area (Å²) in [6.45, 7) is 8.04. The Hall–Kier alpha value is -2.14. The summed E-state index contributed by atoms with van der Waals surface area (Å²) in [6.07, 6.45) is 2.93. The summed E-state index contributed by atoms with van der Waals surface area (Å²) in [7, 11) is 3.99. The largest absolute Gasteiger partial charge is 0.311 e. The molecule has 3 rings (SSSR count). The van der Waals surface area contributed by atoms with Crippen molar-refractivity contribution in [2.24, 2.45) is 7.05 Å². The van der Waals surface area contributed by atoms with Gasteiger partial charge in [0.05, 0.1) is 11.7 Å². The summed E-state index contributed by atoms with van der Waals surface area (Å²) >= 11 is 0. The molecule has 0 aliphatic carbocycles. The molecule has 0 spiro atoms. The van der Waals surface area contributed by atoms with Crippen LogP contribution >= 0.6 is 0 Å². The molecule has 2 aromatic rings. The molecule has 0 radical (unpaired) electrons. The van der Waals surface area contributed by atoms with E-state index in [0.717, 1.165) is 30.9 Å².